The highest BCUT2D eigenvalue weighted by molar-refractivity contribution is 5.96. The number of hydrogen-bond donors (Lipinski definition) is 0. The van der Waals surface area contributed by atoms with E-state index < -0.39 is 12.8 Å². The minimum Gasteiger partial charge on any atom is -0.467 e. The molecule has 1 aromatic heterocycles. The molecule has 1 aliphatic heterocycles. The fraction of sp³-hybridized carbons (Fsp3) is 0.400. The van der Waals surface area contributed by atoms with Gasteiger partial charge in [-0.1, -0.05) is 30.3 Å². The Bertz CT molecular complexity index is 784. The van der Waals surface area contributed by atoms with Crippen LogP contribution in [0, 0.1) is 0 Å². The topological polar surface area (TPSA) is 45.7 Å². The summed E-state index contributed by atoms with van der Waals surface area (Å²) in [5.41, 5.74) is 1.26. The monoisotopic (exact) mass is 393 g/mol. The number of hydrogen-bond acceptors (Lipinski definition) is 4. The zero-order chi connectivity index (χ0) is 20.0. The standard InChI is InChI=1S/C20H22F3N3O2/c21-20(22,23)15-28-18-17(8-4-9-24-18)19(27)26-11-5-10-25(12-13-26)14-16-6-2-1-3-7-16/h1-4,6-9H,5,10-15H2. The van der Waals surface area contributed by atoms with E-state index in [-0.39, 0.29) is 17.4 Å². The van der Waals surface area contributed by atoms with E-state index in [2.05, 4.69) is 22.0 Å². The van der Waals surface area contributed by atoms with Crippen LogP contribution in [0.1, 0.15) is 22.3 Å². The van der Waals surface area contributed by atoms with Gasteiger partial charge >= 0.3 is 6.18 Å². The van der Waals surface area contributed by atoms with E-state index in [1.165, 1.54) is 23.9 Å². The molecule has 1 aromatic carbocycles. The number of benzene rings is 1. The van der Waals surface area contributed by atoms with Crippen LogP contribution in [0.3, 0.4) is 0 Å². The van der Waals surface area contributed by atoms with Crippen molar-refractivity contribution in [1.82, 2.24) is 14.8 Å². The Kier molecular flexibility index (Phi) is 6.51. The van der Waals surface area contributed by atoms with Gasteiger partial charge in [-0.3, -0.25) is 9.69 Å². The summed E-state index contributed by atoms with van der Waals surface area (Å²) in [6, 6.07) is 13.1. The van der Waals surface area contributed by atoms with Gasteiger partial charge in [-0.2, -0.15) is 13.2 Å². The average molecular weight is 393 g/mol. The molecule has 0 saturated carbocycles. The summed E-state index contributed by atoms with van der Waals surface area (Å²) in [4.78, 5) is 20.6. The van der Waals surface area contributed by atoms with Crippen molar-refractivity contribution in [2.45, 2.75) is 19.1 Å². The molecule has 2 heterocycles. The highest BCUT2D eigenvalue weighted by Gasteiger charge is 2.30. The summed E-state index contributed by atoms with van der Waals surface area (Å²) < 4.78 is 42.1. The summed E-state index contributed by atoms with van der Waals surface area (Å²) in [6.07, 6.45) is -2.39. The van der Waals surface area contributed by atoms with Crippen LogP contribution in [0.5, 0.6) is 5.88 Å². The number of amides is 1. The molecule has 1 aliphatic rings. The van der Waals surface area contributed by atoms with Gasteiger partial charge in [0.2, 0.25) is 5.88 Å². The number of rotatable bonds is 5. The van der Waals surface area contributed by atoms with Gasteiger partial charge in [0.1, 0.15) is 5.56 Å². The van der Waals surface area contributed by atoms with E-state index >= 15 is 0 Å². The van der Waals surface area contributed by atoms with Crippen molar-refractivity contribution in [3.63, 3.8) is 0 Å². The van der Waals surface area contributed by atoms with Crippen molar-refractivity contribution in [1.29, 1.82) is 0 Å². The van der Waals surface area contributed by atoms with Crippen molar-refractivity contribution in [2.75, 3.05) is 32.8 Å². The molecule has 0 N–H and O–H groups in total. The molecule has 2 aromatic rings. The lowest BCUT2D eigenvalue weighted by atomic mass is 10.2. The number of alkyl halides is 3. The van der Waals surface area contributed by atoms with Crippen molar-refractivity contribution in [2.24, 2.45) is 0 Å². The van der Waals surface area contributed by atoms with Crippen molar-refractivity contribution in [3.8, 4) is 5.88 Å². The van der Waals surface area contributed by atoms with Crippen molar-refractivity contribution >= 4 is 5.91 Å². The van der Waals surface area contributed by atoms with Crippen LogP contribution in [0.15, 0.2) is 48.7 Å². The van der Waals surface area contributed by atoms with Gasteiger partial charge in [0.25, 0.3) is 5.91 Å². The van der Waals surface area contributed by atoms with E-state index in [4.69, 9.17) is 4.74 Å². The number of ether oxygens (including phenoxy) is 1. The van der Waals surface area contributed by atoms with Crippen LogP contribution in [0.2, 0.25) is 0 Å². The predicted octanol–water partition coefficient (Wildman–Crippen LogP) is 3.37. The quantitative estimate of drug-likeness (QED) is 0.782. The zero-order valence-electron chi connectivity index (χ0n) is 15.4. The second kappa shape index (κ2) is 9.05. The van der Waals surface area contributed by atoms with E-state index in [0.717, 1.165) is 19.5 Å². The molecule has 1 saturated heterocycles. The maximum Gasteiger partial charge on any atom is 0.422 e. The maximum atomic E-state index is 12.9. The van der Waals surface area contributed by atoms with Crippen LogP contribution in [0.25, 0.3) is 0 Å². The zero-order valence-corrected chi connectivity index (χ0v) is 15.4. The van der Waals surface area contributed by atoms with E-state index in [9.17, 15) is 18.0 Å². The number of halogens is 3. The lowest BCUT2D eigenvalue weighted by Crippen LogP contribution is -2.35. The first-order valence-corrected chi connectivity index (χ1v) is 9.12. The molecule has 0 radical (unpaired) electrons. The summed E-state index contributed by atoms with van der Waals surface area (Å²) in [6.45, 7) is 1.91. The van der Waals surface area contributed by atoms with Gasteiger partial charge in [0.15, 0.2) is 6.61 Å². The second-order valence-corrected chi connectivity index (χ2v) is 6.67. The first kappa shape index (κ1) is 20.1. The van der Waals surface area contributed by atoms with Crippen molar-refractivity contribution < 1.29 is 22.7 Å². The molecule has 0 aliphatic carbocycles. The molecule has 8 heteroatoms. The van der Waals surface area contributed by atoms with Crippen LogP contribution in [-0.2, 0) is 6.54 Å². The lowest BCUT2D eigenvalue weighted by molar-refractivity contribution is -0.154. The lowest BCUT2D eigenvalue weighted by Gasteiger charge is -2.23. The molecule has 0 spiro atoms. The highest BCUT2D eigenvalue weighted by Crippen LogP contribution is 2.22. The molecule has 1 fully saturated rings. The Labute approximate surface area is 161 Å². The van der Waals surface area contributed by atoms with Gasteiger partial charge in [0, 0.05) is 38.9 Å². The van der Waals surface area contributed by atoms with Crippen LogP contribution >= 0.6 is 0 Å². The fourth-order valence-corrected chi connectivity index (χ4v) is 3.16. The molecule has 1 amide bonds. The van der Waals surface area contributed by atoms with E-state index in [1.807, 2.05) is 18.2 Å². The minimum atomic E-state index is -4.49. The number of carbonyl (C=O) groups excluding carboxylic acids is 1. The summed E-state index contributed by atoms with van der Waals surface area (Å²) >= 11 is 0. The van der Waals surface area contributed by atoms with Crippen molar-refractivity contribution in [3.05, 3.63) is 59.8 Å². The fourth-order valence-electron chi connectivity index (χ4n) is 3.16. The number of nitrogens with zero attached hydrogens (tertiary/aromatic N) is 3. The summed E-state index contributed by atoms with van der Waals surface area (Å²) in [5, 5.41) is 0. The van der Waals surface area contributed by atoms with Crippen LogP contribution in [0.4, 0.5) is 13.2 Å². The molecule has 28 heavy (non-hydrogen) atoms. The Hall–Kier alpha value is -2.61. The van der Waals surface area contributed by atoms with Gasteiger partial charge < -0.3 is 9.64 Å². The summed E-state index contributed by atoms with van der Waals surface area (Å²) in [7, 11) is 0. The minimum absolute atomic E-state index is 0.0586. The molecule has 0 bridgehead atoms. The van der Waals surface area contributed by atoms with Gasteiger partial charge in [-0.25, -0.2) is 4.98 Å². The first-order valence-electron chi connectivity index (χ1n) is 9.12. The molecule has 5 nitrogen and oxygen atoms in total. The number of carbonyl (C=O) groups is 1. The molecular formula is C20H22F3N3O2. The SMILES string of the molecule is O=C(c1cccnc1OCC(F)(F)F)N1CCCN(Cc2ccccc2)CC1. The third kappa shape index (κ3) is 5.69. The van der Waals surface area contributed by atoms with E-state index in [0.29, 0.717) is 19.6 Å². The molecule has 3 rings (SSSR count). The normalized spacial score (nSPS) is 15.9. The van der Waals surface area contributed by atoms with Crippen LogP contribution in [-0.4, -0.2) is 59.7 Å². The Morgan fingerprint density at radius 3 is 2.57 bits per heavy atom. The Morgan fingerprint density at radius 2 is 1.82 bits per heavy atom. The first-order chi connectivity index (χ1) is 13.4. The molecule has 0 atom stereocenters. The summed E-state index contributed by atoms with van der Waals surface area (Å²) in [5.74, 6) is -0.637. The van der Waals surface area contributed by atoms with Gasteiger partial charge in [-0.15, -0.1) is 0 Å². The van der Waals surface area contributed by atoms with Gasteiger partial charge in [-0.05, 0) is 24.1 Å². The number of pyridine rings is 1. The van der Waals surface area contributed by atoms with Gasteiger partial charge in [0.05, 0.1) is 0 Å². The molecular weight excluding hydrogens is 371 g/mol. The number of aromatic nitrogens is 1. The Morgan fingerprint density at radius 1 is 1.04 bits per heavy atom. The molecule has 150 valence electrons. The highest BCUT2D eigenvalue weighted by atomic mass is 19.4. The largest absolute Gasteiger partial charge is 0.467 e. The smallest absolute Gasteiger partial charge is 0.422 e. The third-order valence-electron chi connectivity index (χ3n) is 4.50. The second-order valence-electron chi connectivity index (χ2n) is 6.67. The maximum absolute atomic E-state index is 12.9. The third-order valence-corrected chi connectivity index (χ3v) is 4.50. The van der Waals surface area contributed by atoms with Crippen LogP contribution < -0.4 is 4.74 Å². The predicted molar refractivity (Wildman–Crippen MR) is 98.0 cm³/mol. The van der Waals surface area contributed by atoms with E-state index in [1.54, 1.807) is 4.90 Å². The Balaban J connectivity index is 1.63. The average Bonchev–Trinajstić information content (AvgIpc) is 2.92. The molecule has 0 unspecified atom stereocenters.